The molecular weight excluding hydrogens is 402 g/mol. The van der Waals surface area contributed by atoms with E-state index >= 15 is 0 Å². The first-order chi connectivity index (χ1) is 14.4. The van der Waals surface area contributed by atoms with E-state index in [1.807, 2.05) is 42.3 Å². The third kappa shape index (κ3) is 3.68. The highest BCUT2D eigenvalue weighted by Gasteiger charge is 2.37. The Morgan fingerprint density at radius 2 is 2.17 bits per heavy atom. The van der Waals surface area contributed by atoms with Crippen LogP contribution in [-0.2, 0) is 16.1 Å². The molecule has 2 atom stereocenters. The number of ether oxygens (including phenoxy) is 1. The van der Waals surface area contributed by atoms with Crippen LogP contribution in [0.4, 0.5) is 0 Å². The van der Waals surface area contributed by atoms with Crippen molar-refractivity contribution in [1.29, 1.82) is 0 Å². The number of likely N-dealkylation sites (N-methyl/N-ethyl adjacent to an activating group) is 1. The number of aromatic carboxylic acids is 1. The van der Waals surface area contributed by atoms with Crippen LogP contribution in [0.25, 0.3) is 10.4 Å². The van der Waals surface area contributed by atoms with Crippen molar-refractivity contribution in [2.24, 2.45) is 5.92 Å². The van der Waals surface area contributed by atoms with Crippen LogP contribution in [0.1, 0.15) is 28.5 Å². The fourth-order valence-electron chi connectivity index (χ4n) is 4.32. The number of hydrogen-bond acceptors (Lipinski definition) is 5. The van der Waals surface area contributed by atoms with Gasteiger partial charge in [-0.05, 0) is 56.1 Å². The highest BCUT2D eigenvalue weighted by atomic mass is 32.1. The second kappa shape index (κ2) is 8.12. The Labute approximate surface area is 179 Å². The third-order valence-corrected chi connectivity index (χ3v) is 6.44. The van der Waals surface area contributed by atoms with Gasteiger partial charge in [0.15, 0.2) is 0 Å². The Hall–Kier alpha value is -2.84. The van der Waals surface area contributed by atoms with Crippen LogP contribution in [-0.4, -0.2) is 54.2 Å². The number of amides is 1. The van der Waals surface area contributed by atoms with Crippen LogP contribution in [0.3, 0.4) is 0 Å². The molecule has 0 aromatic carbocycles. The summed E-state index contributed by atoms with van der Waals surface area (Å²) in [7, 11) is 5.28. The third-order valence-electron chi connectivity index (χ3n) is 5.54. The van der Waals surface area contributed by atoms with Gasteiger partial charge in [0.1, 0.15) is 11.5 Å². The van der Waals surface area contributed by atoms with E-state index in [2.05, 4.69) is 11.4 Å². The molecule has 3 heterocycles. The number of thiophene rings is 1. The average Bonchev–Trinajstić information content (AvgIpc) is 3.34. The number of nitrogens with one attached hydrogen (secondary N) is 1. The molecular formula is C22H25N3O4S. The summed E-state index contributed by atoms with van der Waals surface area (Å²) in [6, 6.07) is 5.76. The first-order valence-electron chi connectivity index (χ1n) is 9.82. The van der Waals surface area contributed by atoms with Crippen LogP contribution >= 0.6 is 11.3 Å². The molecule has 2 unspecified atom stereocenters. The monoisotopic (exact) mass is 427 g/mol. The zero-order valence-electron chi connectivity index (χ0n) is 17.2. The van der Waals surface area contributed by atoms with E-state index in [1.54, 1.807) is 29.4 Å². The highest BCUT2D eigenvalue weighted by Crippen LogP contribution is 2.46. The molecule has 2 N–H and O–H groups in total. The van der Waals surface area contributed by atoms with Gasteiger partial charge in [0, 0.05) is 28.6 Å². The summed E-state index contributed by atoms with van der Waals surface area (Å²) in [5.74, 6) is -0.261. The summed E-state index contributed by atoms with van der Waals surface area (Å²) >= 11 is 1.59. The lowest BCUT2D eigenvalue weighted by molar-refractivity contribution is -0.121. The maximum Gasteiger partial charge on any atom is 0.352 e. The largest absolute Gasteiger partial charge is 0.495 e. The summed E-state index contributed by atoms with van der Waals surface area (Å²) in [6.45, 7) is 0.898. The normalized spacial score (nSPS) is 20.1. The molecule has 0 fully saturated rings. The van der Waals surface area contributed by atoms with Gasteiger partial charge in [-0.15, -0.1) is 11.3 Å². The van der Waals surface area contributed by atoms with Crippen LogP contribution in [0.5, 0.6) is 0 Å². The Morgan fingerprint density at radius 3 is 2.80 bits per heavy atom. The van der Waals surface area contributed by atoms with E-state index in [1.165, 1.54) is 0 Å². The van der Waals surface area contributed by atoms with Crippen molar-refractivity contribution in [1.82, 2.24) is 14.8 Å². The molecule has 2 aromatic heterocycles. The zero-order chi connectivity index (χ0) is 21.4. The van der Waals surface area contributed by atoms with Crippen LogP contribution in [0.15, 0.2) is 47.2 Å². The number of carbonyl (C=O) groups excluding carboxylic acids is 1. The summed E-state index contributed by atoms with van der Waals surface area (Å²) in [5.41, 5.74) is 2.87. The lowest BCUT2D eigenvalue weighted by Crippen LogP contribution is -2.35. The van der Waals surface area contributed by atoms with Gasteiger partial charge in [0.2, 0.25) is 5.91 Å². The minimum atomic E-state index is -0.926. The molecule has 0 saturated carbocycles. The highest BCUT2D eigenvalue weighted by molar-refractivity contribution is 7.13. The predicted octanol–water partition coefficient (Wildman–Crippen LogP) is 3.12. The van der Waals surface area contributed by atoms with Gasteiger partial charge in [-0.1, -0.05) is 6.07 Å². The first kappa shape index (κ1) is 20.4. The van der Waals surface area contributed by atoms with E-state index in [4.69, 9.17) is 4.74 Å². The number of hydrogen-bond donors (Lipinski definition) is 2. The zero-order valence-corrected chi connectivity index (χ0v) is 18.0. The number of allylic oxidation sites excluding steroid dienone is 2. The maximum atomic E-state index is 12.4. The molecule has 30 heavy (non-hydrogen) atoms. The molecule has 1 aliphatic heterocycles. The van der Waals surface area contributed by atoms with Crippen LogP contribution < -0.4 is 5.32 Å². The Bertz CT molecular complexity index is 1030. The van der Waals surface area contributed by atoms with Crippen molar-refractivity contribution in [2.45, 2.75) is 18.9 Å². The average molecular weight is 428 g/mol. The van der Waals surface area contributed by atoms with E-state index in [9.17, 15) is 14.7 Å². The molecule has 0 spiro atoms. The Kier molecular flexibility index (Phi) is 5.53. The summed E-state index contributed by atoms with van der Waals surface area (Å²) in [5, 5.41) is 14.7. The Morgan fingerprint density at radius 1 is 1.37 bits per heavy atom. The summed E-state index contributed by atoms with van der Waals surface area (Å²) < 4.78 is 7.47. The number of nitrogens with zero attached hydrogens (tertiary/aromatic N) is 2. The van der Waals surface area contributed by atoms with Gasteiger partial charge >= 0.3 is 5.97 Å². The van der Waals surface area contributed by atoms with Crippen molar-refractivity contribution >= 4 is 23.2 Å². The first-order valence-corrected chi connectivity index (χ1v) is 10.7. The lowest BCUT2D eigenvalue weighted by atomic mass is 9.79. The molecule has 2 aromatic rings. The smallest absolute Gasteiger partial charge is 0.352 e. The standard InChI is InChI=1S/C22H25N3O4S/c1-24(2)12-20(26)23-16-10-14-13(9-18(16)29-3)6-7-25-17(22(27)28)11-15(21(14)25)19-5-4-8-30-19/h4-5,8-11,13-14H,6-7,12H2,1-3H3,(H,23,26)(H,27,28). The number of carboxylic acid groups (broad SMARTS) is 1. The summed E-state index contributed by atoms with van der Waals surface area (Å²) in [6.07, 6.45) is 4.88. The molecule has 1 aliphatic carbocycles. The number of carboxylic acids is 1. The van der Waals surface area contributed by atoms with Crippen LogP contribution in [0, 0.1) is 5.92 Å². The van der Waals surface area contributed by atoms with Crippen molar-refractivity contribution in [3.63, 3.8) is 0 Å². The maximum absolute atomic E-state index is 12.4. The van der Waals surface area contributed by atoms with Crippen LogP contribution in [0.2, 0.25) is 0 Å². The predicted molar refractivity (Wildman–Crippen MR) is 115 cm³/mol. The van der Waals surface area contributed by atoms with Gasteiger partial charge in [-0.2, -0.15) is 0 Å². The van der Waals surface area contributed by atoms with E-state index in [0.717, 1.165) is 22.6 Å². The van der Waals surface area contributed by atoms with Crippen molar-refractivity contribution in [3.8, 4) is 10.4 Å². The summed E-state index contributed by atoms with van der Waals surface area (Å²) in [4.78, 5) is 27.1. The molecule has 0 bridgehead atoms. The minimum Gasteiger partial charge on any atom is -0.495 e. The van der Waals surface area contributed by atoms with Gasteiger partial charge in [0.25, 0.3) is 0 Å². The van der Waals surface area contributed by atoms with E-state index in [0.29, 0.717) is 23.7 Å². The van der Waals surface area contributed by atoms with Crippen molar-refractivity contribution < 1.29 is 19.4 Å². The number of aromatic nitrogens is 1. The molecule has 0 saturated heterocycles. The SMILES string of the molecule is COC1=CC2CCn3c(C(=O)O)cc(-c4cccs4)c3C2C=C1NC(=O)CN(C)C. The van der Waals surface area contributed by atoms with Gasteiger partial charge in [0.05, 0.1) is 19.4 Å². The molecule has 2 aliphatic rings. The van der Waals surface area contributed by atoms with E-state index < -0.39 is 5.97 Å². The number of rotatable bonds is 6. The molecule has 1 amide bonds. The number of carbonyl (C=O) groups is 2. The van der Waals surface area contributed by atoms with Crippen molar-refractivity contribution in [3.05, 3.63) is 58.6 Å². The van der Waals surface area contributed by atoms with Gasteiger partial charge in [-0.3, -0.25) is 4.79 Å². The fraction of sp³-hybridized carbons (Fsp3) is 0.364. The number of methoxy groups -OCH3 is 1. The Balaban J connectivity index is 1.79. The second-order valence-electron chi connectivity index (χ2n) is 7.84. The van der Waals surface area contributed by atoms with E-state index in [-0.39, 0.29) is 24.3 Å². The molecule has 8 heteroatoms. The lowest BCUT2D eigenvalue weighted by Gasteiger charge is -2.35. The molecule has 4 rings (SSSR count). The van der Waals surface area contributed by atoms with Gasteiger partial charge < -0.3 is 24.6 Å². The minimum absolute atomic E-state index is 0.0440. The molecule has 158 valence electrons. The second-order valence-corrected chi connectivity index (χ2v) is 8.79. The van der Waals surface area contributed by atoms with Gasteiger partial charge in [-0.25, -0.2) is 4.79 Å². The molecule has 0 radical (unpaired) electrons. The van der Waals surface area contributed by atoms with Crippen molar-refractivity contribution in [2.75, 3.05) is 27.7 Å². The molecule has 7 nitrogen and oxygen atoms in total. The fourth-order valence-corrected chi connectivity index (χ4v) is 5.08. The quantitative estimate of drug-likeness (QED) is 0.740. The number of fused-ring (bicyclic) bond motifs is 3. The topological polar surface area (TPSA) is 83.8 Å².